The Morgan fingerprint density at radius 2 is 1.90 bits per heavy atom. The summed E-state index contributed by atoms with van der Waals surface area (Å²) in [7, 11) is -1.37. The third kappa shape index (κ3) is 2.74. The minimum atomic E-state index is -1.37. The molecule has 0 saturated heterocycles. The van der Waals surface area contributed by atoms with Gasteiger partial charge in [0.15, 0.2) is 0 Å². The quantitative estimate of drug-likeness (QED) is 0.611. The highest BCUT2D eigenvalue weighted by atomic mass is 31.1. The molecule has 1 rings (SSSR count). The standard InChI is InChI=1S/C6H14N2OP/c7-10(8)9-6-4-2-1-3-5-6/h6H,1-5H2,(H3,7,8)/q+1. The van der Waals surface area contributed by atoms with Crippen molar-refractivity contribution in [1.82, 2.24) is 0 Å². The smallest absolute Gasteiger partial charge is 0.142 e. The summed E-state index contributed by atoms with van der Waals surface area (Å²) in [4.78, 5) is 0. The Kier molecular flexibility index (Phi) is 3.26. The van der Waals surface area contributed by atoms with Gasteiger partial charge in [0, 0.05) is 0 Å². The molecule has 0 aromatic rings. The van der Waals surface area contributed by atoms with Crippen molar-refractivity contribution < 1.29 is 4.52 Å². The molecule has 1 aliphatic rings. The fraction of sp³-hybridized carbons (Fsp3) is 1.00. The van der Waals surface area contributed by atoms with E-state index in [4.69, 9.17) is 15.2 Å². The summed E-state index contributed by atoms with van der Waals surface area (Å²) in [6.45, 7) is 0. The first kappa shape index (κ1) is 8.12. The molecule has 10 heavy (non-hydrogen) atoms. The van der Waals surface area contributed by atoms with E-state index in [1.54, 1.807) is 0 Å². The molecule has 0 amide bonds. The van der Waals surface area contributed by atoms with Crippen molar-refractivity contribution in [3.63, 3.8) is 0 Å². The molecule has 4 heteroatoms. The molecule has 1 atom stereocenters. The van der Waals surface area contributed by atoms with Gasteiger partial charge in [0.05, 0.1) is 0 Å². The van der Waals surface area contributed by atoms with Gasteiger partial charge in [-0.3, -0.25) is 0 Å². The highest BCUT2D eigenvalue weighted by Crippen LogP contribution is 2.26. The topological polar surface area (TPSA) is 59.1 Å². The SMILES string of the molecule is N=[P+](N)OC1CCCCC1. The Bertz CT molecular complexity index is 123. The highest BCUT2D eigenvalue weighted by molar-refractivity contribution is 7.37. The molecular weight excluding hydrogens is 147 g/mol. The van der Waals surface area contributed by atoms with E-state index in [1.165, 1.54) is 19.3 Å². The first-order valence-corrected chi connectivity index (χ1v) is 5.05. The van der Waals surface area contributed by atoms with E-state index in [0.29, 0.717) is 6.10 Å². The molecule has 1 aliphatic carbocycles. The van der Waals surface area contributed by atoms with E-state index in [2.05, 4.69) is 0 Å². The van der Waals surface area contributed by atoms with Gasteiger partial charge in [-0.2, -0.15) is 0 Å². The fourth-order valence-corrected chi connectivity index (χ4v) is 1.86. The van der Waals surface area contributed by atoms with Crippen molar-refractivity contribution in [2.24, 2.45) is 5.50 Å². The van der Waals surface area contributed by atoms with Crippen molar-refractivity contribution in [3.05, 3.63) is 0 Å². The lowest BCUT2D eigenvalue weighted by Gasteiger charge is -2.15. The Morgan fingerprint density at radius 3 is 2.40 bits per heavy atom. The van der Waals surface area contributed by atoms with E-state index in [1.807, 2.05) is 0 Å². The van der Waals surface area contributed by atoms with Crippen LogP contribution in [-0.2, 0) is 4.52 Å². The Balaban J connectivity index is 2.19. The summed E-state index contributed by atoms with van der Waals surface area (Å²) in [5.41, 5.74) is 5.23. The normalized spacial score (nSPS) is 22.7. The van der Waals surface area contributed by atoms with Crippen molar-refractivity contribution >= 4 is 8.09 Å². The van der Waals surface area contributed by atoms with Crippen molar-refractivity contribution in [2.45, 2.75) is 38.2 Å². The van der Waals surface area contributed by atoms with Crippen LogP contribution in [0.15, 0.2) is 0 Å². The van der Waals surface area contributed by atoms with Gasteiger partial charge < -0.3 is 0 Å². The molecule has 0 aromatic heterocycles. The number of hydrogen-bond donors (Lipinski definition) is 2. The lowest BCUT2D eigenvalue weighted by atomic mass is 9.98. The summed E-state index contributed by atoms with van der Waals surface area (Å²) < 4.78 is 5.20. The third-order valence-electron chi connectivity index (χ3n) is 1.81. The molecule has 1 saturated carbocycles. The summed E-state index contributed by atoms with van der Waals surface area (Å²) in [6, 6.07) is 0. The lowest BCUT2D eigenvalue weighted by molar-refractivity contribution is 0.175. The van der Waals surface area contributed by atoms with Gasteiger partial charge in [-0.1, -0.05) is 24.4 Å². The van der Waals surface area contributed by atoms with Gasteiger partial charge in [0.25, 0.3) is 0 Å². The molecule has 1 unspecified atom stereocenters. The van der Waals surface area contributed by atoms with Crippen molar-refractivity contribution in [2.75, 3.05) is 0 Å². The van der Waals surface area contributed by atoms with Crippen LogP contribution in [0.4, 0.5) is 0 Å². The summed E-state index contributed by atoms with van der Waals surface area (Å²) >= 11 is 0. The van der Waals surface area contributed by atoms with Gasteiger partial charge in [0.1, 0.15) is 6.10 Å². The van der Waals surface area contributed by atoms with Crippen molar-refractivity contribution in [3.8, 4) is 0 Å². The van der Waals surface area contributed by atoms with E-state index in [-0.39, 0.29) is 0 Å². The van der Waals surface area contributed by atoms with Gasteiger partial charge in [-0.05, 0) is 12.8 Å². The molecule has 58 valence electrons. The van der Waals surface area contributed by atoms with Crippen LogP contribution in [0.25, 0.3) is 0 Å². The maximum absolute atomic E-state index is 7.03. The Labute approximate surface area is 62.3 Å². The first-order chi connectivity index (χ1) is 4.79. The predicted molar refractivity (Wildman–Crippen MR) is 41.8 cm³/mol. The molecular formula is C6H14N2OP+. The third-order valence-corrected chi connectivity index (χ3v) is 2.34. The van der Waals surface area contributed by atoms with E-state index in [9.17, 15) is 0 Å². The largest absolute Gasteiger partial charge is 0.469 e. The second-order valence-electron chi connectivity index (χ2n) is 2.69. The van der Waals surface area contributed by atoms with Gasteiger partial charge in [0.2, 0.25) is 0 Å². The van der Waals surface area contributed by atoms with Crippen LogP contribution in [0, 0.1) is 5.16 Å². The minimum absolute atomic E-state index is 0.294. The predicted octanol–water partition coefficient (Wildman–Crippen LogP) is 2.37. The zero-order chi connectivity index (χ0) is 7.40. The van der Waals surface area contributed by atoms with Gasteiger partial charge >= 0.3 is 8.09 Å². The lowest BCUT2D eigenvalue weighted by Crippen LogP contribution is -2.13. The van der Waals surface area contributed by atoms with Crippen molar-refractivity contribution in [1.29, 1.82) is 5.16 Å². The zero-order valence-electron chi connectivity index (χ0n) is 6.05. The molecule has 0 aliphatic heterocycles. The van der Waals surface area contributed by atoms with Crippen LogP contribution in [0.3, 0.4) is 0 Å². The number of nitrogens with one attached hydrogen (secondary N) is 1. The average molecular weight is 161 g/mol. The highest BCUT2D eigenvalue weighted by Gasteiger charge is 2.20. The Hall–Kier alpha value is 0.0200. The molecule has 0 spiro atoms. The van der Waals surface area contributed by atoms with Crippen LogP contribution in [0.2, 0.25) is 0 Å². The monoisotopic (exact) mass is 161 g/mol. The number of nitrogens with two attached hydrogens (primary N) is 1. The van der Waals surface area contributed by atoms with Crippen LogP contribution < -0.4 is 5.50 Å². The van der Waals surface area contributed by atoms with E-state index >= 15 is 0 Å². The summed E-state index contributed by atoms with van der Waals surface area (Å²) in [6.07, 6.45) is 6.31. The first-order valence-electron chi connectivity index (χ1n) is 3.72. The second-order valence-corrected chi connectivity index (χ2v) is 3.55. The van der Waals surface area contributed by atoms with Crippen LogP contribution in [0.1, 0.15) is 32.1 Å². The summed E-state index contributed by atoms with van der Waals surface area (Å²) in [5, 5.41) is 7.03. The van der Waals surface area contributed by atoms with Crippen LogP contribution >= 0.6 is 8.09 Å². The molecule has 3 nitrogen and oxygen atoms in total. The van der Waals surface area contributed by atoms with Gasteiger partial charge in [-0.15, -0.1) is 10.0 Å². The minimum Gasteiger partial charge on any atom is -0.142 e. The average Bonchev–Trinajstić information content (AvgIpc) is 1.88. The number of rotatable bonds is 2. The molecule has 0 bridgehead atoms. The zero-order valence-corrected chi connectivity index (χ0v) is 6.94. The maximum Gasteiger partial charge on any atom is 0.469 e. The Morgan fingerprint density at radius 1 is 1.30 bits per heavy atom. The molecule has 1 fully saturated rings. The molecule has 0 heterocycles. The summed E-state index contributed by atoms with van der Waals surface area (Å²) in [5.74, 6) is 0. The molecule has 0 radical (unpaired) electrons. The molecule has 3 N–H and O–H groups in total. The maximum atomic E-state index is 7.03. The van der Waals surface area contributed by atoms with E-state index < -0.39 is 8.09 Å². The van der Waals surface area contributed by atoms with Gasteiger partial charge in [-0.25, -0.2) is 0 Å². The number of hydrogen-bond acceptors (Lipinski definition) is 2. The van der Waals surface area contributed by atoms with E-state index in [0.717, 1.165) is 12.8 Å². The van der Waals surface area contributed by atoms with Crippen LogP contribution in [-0.4, -0.2) is 6.10 Å². The molecule has 0 aromatic carbocycles. The second kappa shape index (κ2) is 4.02. The fourth-order valence-electron chi connectivity index (χ4n) is 1.33. The van der Waals surface area contributed by atoms with Crippen LogP contribution in [0.5, 0.6) is 0 Å².